The molecule has 0 heterocycles. The minimum absolute atomic E-state index is 0.188. The van der Waals surface area contributed by atoms with Crippen LogP contribution in [0.2, 0.25) is 18.1 Å². The largest absolute Gasteiger partial charge is 0.460 e. The molecule has 1 aromatic carbocycles. The number of benzene rings is 1. The van der Waals surface area contributed by atoms with E-state index in [-0.39, 0.29) is 17.6 Å². The smallest absolute Gasteiger partial charge is 0.338 e. The Labute approximate surface area is 344 Å². The molecular formula is C41H77NO14Si. The molecule has 1 N–H and O–H groups in total. The van der Waals surface area contributed by atoms with Crippen molar-refractivity contribution in [2.24, 2.45) is 0 Å². The summed E-state index contributed by atoms with van der Waals surface area (Å²) >= 11 is 0. The van der Waals surface area contributed by atoms with Crippen LogP contribution in [0.4, 0.5) is 5.69 Å². The highest BCUT2D eigenvalue weighted by Gasteiger charge is 2.36. The fourth-order valence-electron chi connectivity index (χ4n) is 4.28. The summed E-state index contributed by atoms with van der Waals surface area (Å²) < 4.78 is 72.0. The van der Waals surface area contributed by atoms with Gasteiger partial charge in [-0.3, -0.25) is 0 Å². The van der Waals surface area contributed by atoms with Crippen molar-refractivity contribution < 1.29 is 66.1 Å². The highest BCUT2D eigenvalue weighted by Crippen LogP contribution is 2.36. The number of ether oxygens (including phenoxy) is 12. The zero-order valence-corrected chi connectivity index (χ0v) is 37.1. The maximum atomic E-state index is 12.1. The molecule has 334 valence electrons. The Bertz CT molecular complexity index is 1030. The SMILES string of the molecule is CCCCNc1ccc(C(=O)OCCOCCOCCOCCOCCOCCOCCOCCOCCOCCOCCOCCO[Si](C)(C)C(C)(C)C)cc1. The topological polar surface area (TPSA) is 149 Å². The van der Waals surface area contributed by atoms with Gasteiger partial charge < -0.3 is 66.6 Å². The second-order valence-corrected chi connectivity index (χ2v) is 19.1. The molecule has 57 heavy (non-hydrogen) atoms. The number of nitrogens with one attached hydrogen (secondary N) is 1. The van der Waals surface area contributed by atoms with Crippen molar-refractivity contribution in [3.63, 3.8) is 0 Å². The molecule has 1 aromatic rings. The molecule has 0 aliphatic heterocycles. The lowest BCUT2D eigenvalue weighted by Gasteiger charge is -2.36. The molecule has 0 spiro atoms. The first-order valence-corrected chi connectivity index (χ1v) is 23.6. The van der Waals surface area contributed by atoms with Gasteiger partial charge in [0.25, 0.3) is 0 Å². The summed E-state index contributed by atoms with van der Waals surface area (Å²) in [6, 6.07) is 7.29. The molecule has 0 radical (unpaired) electrons. The Hall–Kier alpha value is -1.77. The van der Waals surface area contributed by atoms with E-state index in [9.17, 15) is 4.79 Å². The van der Waals surface area contributed by atoms with Crippen LogP contribution in [0.1, 0.15) is 50.9 Å². The second-order valence-electron chi connectivity index (χ2n) is 14.3. The molecule has 0 atom stereocenters. The number of unbranched alkanes of at least 4 members (excludes halogenated alkanes) is 1. The summed E-state index contributed by atoms with van der Waals surface area (Å²) in [6.07, 6.45) is 2.24. The molecule has 0 fully saturated rings. The fraction of sp³-hybridized carbons (Fsp3) is 0.829. The van der Waals surface area contributed by atoms with E-state index in [4.69, 9.17) is 61.3 Å². The normalized spacial score (nSPS) is 12.0. The van der Waals surface area contributed by atoms with Gasteiger partial charge in [0.15, 0.2) is 8.32 Å². The monoisotopic (exact) mass is 836 g/mol. The fourth-order valence-corrected chi connectivity index (χ4v) is 5.31. The first-order valence-electron chi connectivity index (χ1n) is 20.7. The molecule has 0 bridgehead atoms. The molecule has 16 heteroatoms. The zero-order chi connectivity index (χ0) is 41.6. The number of rotatable bonds is 42. The zero-order valence-electron chi connectivity index (χ0n) is 36.1. The predicted molar refractivity (Wildman–Crippen MR) is 222 cm³/mol. The van der Waals surface area contributed by atoms with Crippen LogP contribution in [0.5, 0.6) is 0 Å². The van der Waals surface area contributed by atoms with Crippen molar-refractivity contribution in [1.29, 1.82) is 0 Å². The Balaban J connectivity index is 1.69. The van der Waals surface area contributed by atoms with Crippen LogP contribution in [0.25, 0.3) is 0 Å². The summed E-state index contributed by atoms with van der Waals surface area (Å²) in [6.45, 7) is 25.8. The molecule has 0 unspecified atom stereocenters. The van der Waals surface area contributed by atoms with E-state index in [0.717, 1.165) is 25.1 Å². The van der Waals surface area contributed by atoms with Gasteiger partial charge in [-0.25, -0.2) is 4.79 Å². The summed E-state index contributed by atoms with van der Waals surface area (Å²) in [5.41, 5.74) is 1.51. The number of hydrogen-bond donors (Lipinski definition) is 1. The van der Waals surface area contributed by atoms with Crippen molar-refractivity contribution in [3.8, 4) is 0 Å². The van der Waals surface area contributed by atoms with Gasteiger partial charge in [0.05, 0.1) is 158 Å². The van der Waals surface area contributed by atoms with Gasteiger partial charge in [-0.1, -0.05) is 34.1 Å². The van der Waals surface area contributed by atoms with E-state index in [1.807, 2.05) is 12.1 Å². The average Bonchev–Trinajstić information content (AvgIpc) is 3.19. The molecular weight excluding hydrogens is 759 g/mol. The van der Waals surface area contributed by atoms with Crippen molar-refractivity contribution in [1.82, 2.24) is 0 Å². The van der Waals surface area contributed by atoms with Crippen LogP contribution in [0.15, 0.2) is 24.3 Å². The average molecular weight is 836 g/mol. The lowest BCUT2D eigenvalue weighted by molar-refractivity contribution is -0.0282. The highest BCUT2D eigenvalue weighted by molar-refractivity contribution is 6.74. The number of esters is 1. The quantitative estimate of drug-likeness (QED) is 0.0518. The summed E-state index contributed by atoms with van der Waals surface area (Å²) in [4.78, 5) is 12.1. The van der Waals surface area contributed by atoms with E-state index in [1.165, 1.54) is 0 Å². The number of carbonyl (C=O) groups is 1. The van der Waals surface area contributed by atoms with Crippen LogP contribution in [-0.4, -0.2) is 179 Å². The van der Waals surface area contributed by atoms with Crippen LogP contribution in [0, 0.1) is 0 Å². The standard InChI is InChI=1S/C41H77NO14Si/c1-7-8-13-42-39-11-9-38(10-12-39)40(43)55-36-34-53-32-30-51-28-26-49-24-22-47-20-18-45-16-14-44-15-17-46-19-21-48-23-25-50-27-29-52-31-33-54-35-37-56-57(5,6)41(2,3)4/h9-12,42H,7-8,13-37H2,1-6H3. The lowest BCUT2D eigenvalue weighted by atomic mass is 10.2. The molecule has 0 saturated carbocycles. The second kappa shape index (κ2) is 37.2. The van der Waals surface area contributed by atoms with Gasteiger partial charge in [-0.05, 0) is 48.8 Å². The molecule has 0 saturated heterocycles. The molecule has 0 aliphatic rings. The Kier molecular flexibility index (Phi) is 34.8. The van der Waals surface area contributed by atoms with Crippen LogP contribution in [-0.2, 0) is 61.3 Å². The van der Waals surface area contributed by atoms with Gasteiger partial charge in [0.2, 0.25) is 0 Å². The van der Waals surface area contributed by atoms with Crippen LogP contribution in [0.3, 0.4) is 0 Å². The molecule has 0 aromatic heterocycles. The van der Waals surface area contributed by atoms with Crippen LogP contribution >= 0.6 is 0 Å². The van der Waals surface area contributed by atoms with E-state index in [0.29, 0.717) is 158 Å². The summed E-state index contributed by atoms with van der Waals surface area (Å²) in [7, 11) is -1.71. The maximum Gasteiger partial charge on any atom is 0.338 e. The number of hydrogen-bond acceptors (Lipinski definition) is 15. The Morgan fingerprint density at radius 1 is 0.491 bits per heavy atom. The summed E-state index contributed by atoms with van der Waals surface area (Å²) in [5.74, 6) is -0.362. The third-order valence-electron chi connectivity index (χ3n) is 8.66. The van der Waals surface area contributed by atoms with E-state index >= 15 is 0 Å². The number of anilines is 1. The van der Waals surface area contributed by atoms with Gasteiger partial charge in [-0.15, -0.1) is 0 Å². The highest BCUT2D eigenvalue weighted by atomic mass is 28.4. The van der Waals surface area contributed by atoms with Crippen molar-refractivity contribution in [3.05, 3.63) is 29.8 Å². The first kappa shape index (κ1) is 53.2. The minimum atomic E-state index is -1.71. The van der Waals surface area contributed by atoms with E-state index < -0.39 is 8.32 Å². The van der Waals surface area contributed by atoms with E-state index in [2.05, 4.69) is 46.1 Å². The van der Waals surface area contributed by atoms with E-state index in [1.54, 1.807) is 12.1 Å². The van der Waals surface area contributed by atoms with Gasteiger partial charge >= 0.3 is 5.97 Å². The molecule has 0 amide bonds. The minimum Gasteiger partial charge on any atom is -0.460 e. The Morgan fingerprint density at radius 3 is 1.09 bits per heavy atom. The van der Waals surface area contributed by atoms with Gasteiger partial charge in [0, 0.05) is 12.2 Å². The molecule has 15 nitrogen and oxygen atoms in total. The van der Waals surface area contributed by atoms with Crippen molar-refractivity contribution in [2.45, 2.75) is 58.7 Å². The van der Waals surface area contributed by atoms with Gasteiger partial charge in [0.1, 0.15) is 6.61 Å². The first-order chi connectivity index (χ1) is 27.7. The molecule has 1 rings (SSSR count). The lowest BCUT2D eigenvalue weighted by Crippen LogP contribution is -2.41. The van der Waals surface area contributed by atoms with Gasteiger partial charge in [-0.2, -0.15) is 0 Å². The maximum absolute atomic E-state index is 12.1. The van der Waals surface area contributed by atoms with Crippen molar-refractivity contribution >= 4 is 20.0 Å². The molecule has 0 aliphatic carbocycles. The Morgan fingerprint density at radius 2 is 0.789 bits per heavy atom. The van der Waals surface area contributed by atoms with Crippen LogP contribution < -0.4 is 5.32 Å². The summed E-state index contributed by atoms with van der Waals surface area (Å²) in [5, 5.41) is 3.53. The third-order valence-corrected chi connectivity index (χ3v) is 13.2. The third kappa shape index (κ3) is 32.7. The van der Waals surface area contributed by atoms with Crippen molar-refractivity contribution in [2.75, 3.05) is 170 Å². The predicted octanol–water partition coefficient (Wildman–Crippen LogP) is 5.26. The number of carbonyl (C=O) groups excluding carboxylic acids is 1.